The lowest BCUT2D eigenvalue weighted by atomic mass is 9.77. The zero-order chi connectivity index (χ0) is 23.2. The monoisotopic (exact) mass is 460 g/mol. The lowest BCUT2D eigenvalue weighted by Crippen LogP contribution is -2.29. The number of hydrogen-bond donors (Lipinski definition) is 2. The van der Waals surface area contributed by atoms with Crippen LogP contribution in [0.15, 0.2) is 77.7 Å². The first-order chi connectivity index (χ1) is 15.9. The average Bonchev–Trinajstić information content (AvgIpc) is 3.30. The summed E-state index contributed by atoms with van der Waals surface area (Å²) in [5, 5.41) is 3.67. The van der Waals surface area contributed by atoms with Gasteiger partial charge in [0.1, 0.15) is 5.75 Å². The summed E-state index contributed by atoms with van der Waals surface area (Å²) in [6.07, 6.45) is 5.37. The Morgan fingerprint density at radius 2 is 1.79 bits per heavy atom. The SMILES string of the molecule is COc1ccc([C@@H]2Nc3ccc(S(=O)(=O)Nc4ccc(C)cc4C)cc3[C@@H]3C=CC[C@@H]32)cc1. The lowest BCUT2D eigenvalue weighted by molar-refractivity contribution is 0.411. The number of sulfonamides is 1. The Kier molecular flexibility index (Phi) is 5.41. The Morgan fingerprint density at radius 3 is 2.52 bits per heavy atom. The van der Waals surface area contributed by atoms with E-state index in [1.807, 2.05) is 56.3 Å². The van der Waals surface area contributed by atoms with Gasteiger partial charge in [-0.25, -0.2) is 8.42 Å². The van der Waals surface area contributed by atoms with Crippen LogP contribution in [-0.4, -0.2) is 15.5 Å². The van der Waals surface area contributed by atoms with Crippen molar-refractivity contribution in [1.82, 2.24) is 0 Å². The number of fused-ring (bicyclic) bond motifs is 3. The van der Waals surface area contributed by atoms with Crippen molar-refractivity contribution in [3.8, 4) is 5.75 Å². The van der Waals surface area contributed by atoms with E-state index in [1.165, 1.54) is 5.56 Å². The molecule has 0 aromatic heterocycles. The van der Waals surface area contributed by atoms with Crippen LogP contribution in [0.5, 0.6) is 5.75 Å². The van der Waals surface area contributed by atoms with Crippen molar-refractivity contribution in [3.05, 3.63) is 95.1 Å². The van der Waals surface area contributed by atoms with Crippen molar-refractivity contribution < 1.29 is 13.2 Å². The van der Waals surface area contributed by atoms with E-state index in [4.69, 9.17) is 4.74 Å². The Labute approximate surface area is 195 Å². The van der Waals surface area contributed by atoms with Crippen molar-refractivity contribution in [2.45, 2.75) is 37.1 Å². The second kappa shape index (κ2) is 8.27. The van der Waals surface area contributed by atoms with Crippen LogP contribution in [-0.2, 0) is 10.0 Å². The van der Waals surface area contributed by atoms with Crippen LogP contribution in [0.3, 0.4) is 0 Å². The van der Waals surface area contributed by atoms with Gasteiger partial charge in [-0.1, -0.05) is 42.0 Å². The summed E-state index contributed by atoms with van der Waals surface area (Å²) < 4.78 is 34.5. The van der Waals surface area contributed by atoms with Gasteiger partial charge in [0.15, 0.2) is 0 Å². The van der Waals surface area contributed by atoms with Gasteiger partial charge in [0, 0.05) is 11.6 Å². The summed E-state index contributed by atoms with van der Waals surface area (Å²) in [5.74, 6) is 1.34. The smallest absolute Gasteiger partial charge is 0.261 e. The first kappa shape index (κ1) is 21.6. The molecule has 2 aliphatic rings. The van der Waals surface area contributed by atoms with Crippen molar-refractivity contribution >= 4 is 21.4 Å². The van der Waals surface area contributed by atoms with Crippen molar-refractivity contribution in [2.75, 3.05) is 17.1 Å². The molecular weight excluding hydrogens is 432 g/mol. The Morgan fingerprint density at radius 1 is 1.00 bits per heavy atom. The summed E-state index contributed by atoms with van der Waals surface area (Å²) in [4.78, 5) is 0.282. The summed E-state index contributed by atoms with van der Waals surface area (Å²) in [6, 6.07) is 19.4. The molecule has 0 bridgehead atoms. The van der Waals surface area contributed by atoms with Gasteiger partial charge in [-0.3, -0.25) is 4.72 Å². The van der Waals surface area contributed by atoms with E-state index < -0.39 is 10.0 Å². The van der Waals surface area contributed by atoms with Gasteiger partial charge in [0.2, 0.25) is 0 Å². The minimum Gasteiger partial charge on any atom is -0.497 e. The van der Waals surface area contributed by atoms with Gasteiger partial charge >= 0.3 is 0 Å². The molecule has 33 heavy (non-hydrogen) atoms. The molecule has 0 amide bonds. The lowest BCUT2D eigenvalue weighted by Gasteiger charge is -2.37. The topological polar surface area (TPSA) is 67.4 Å². The minimum atomic E-state index is -3.70. The molecule has 0 unspecified atom stereocenters. The van der Waals surface area contributed by atoms with Crippen LogP contribution >= 0.6 is 0 Å². The van der Waals surface area contributed by atoms with E-state index in [1.54, 1.807) is 13.2 Å². The quantitative estimate of drug-likeness (QED) is 0.463. The Bertz CT molecular complexity index is 1330. The number of hydrogen-bond acceptors (Lipinski definition) is 4. The molecule has 0 radical (unpaired) electrons. The molecule has 0 saturated heterocycles. The first-order valence-electron chi connectivity index (χ1n) is 11.2. The van der Waals surface area contributed by atoms with E-state index in [0.717, 1.165) is 34.5 Å². The fourth-order valence-electron chi connectivity index (χ4n) is 5.01. The first-order valence-corrected chi connectivity index (χ1v) is 12.7. The van der Waals surface area contributed by atoms with Crippen molar-refractivity contribution in [2.24, 2.45) is 5.92 Å². The molecule has 2 N–H and O–H groups in total. The predicted octanol–water partition coefficient (Wildman–Crippen LogP) is 5.94. The molecule has 5 rings (SSSR count). The highest BCUT2D eigenvalue weighted by Gasteiger charge is 2.38. The molecule has 1 aliphatic carbocycles. The largest absolute Gasteiger partial charge is 0.497 e. The fraction of sp³-hybridized carbons (Fsp3) is 0.259. The molecule has 5 nitrogen and oxygen atoms in total. The summed E-state index contributed by atoms with van der Waals surface area (Å²) in [6.45, 7) is 3.90. The van der Waals surface area contributed by atoms with Crippen molar-refractivity contribution in [1.29, 1.82) is 0 Å². The highest BCUT2D eigenvalue weighted by molar-refractivity contribution is 7.92. The molecule has 3 aromatic carbocycles. The number of aryl methyl sites for hydroxylation is 2. The minimum absolute atomic E-state index is 0.152. The molecule has 0 spiro atoms. The number of ether oxygens (including phenoxy) is 1. The second-order valence-electron chi connectivity index (χ2n) is 8.92. The Hall–Kier alpha value is -3.25. The molecule has 6 heteroatoms. The molecule has 3 aromatic rings. The van der Waals surface area contributed by atoms with Gasteiger partial charge in [-0.05, 0) is 79.3 Å². The molecule has 1 heterocycles. The second-order valence-corrected chi connectivity index (χ2v) is 10.6. The zero-order valence-electron chi connectivity index (χ0n) is 19.0. The third-order valence-electron chi connectivity index (χ3n) is 6.75. The summed E-state index contributed by atoms with van der Waals surface area (Å²) in [7, 11) is -2.03. The number of anilines is 2. The van der Waals surface area contributed by atoms with Gasteiger partial charge in [-0.2, -0.15) is 0 Å². The zero-order valence-corrected chi connectivity index (χ0v) is 19.8. The number of allylic oxidation sites excluding steroid dienone is 2. The molecule has 1 aliphatic heterocycles. The molecule has 3 atom stereocenters. The van der Waals surface area contributed by atoms with E-state index in [-0.39, 0.29) is 16.9 Å². The fourth-order valence-corrected chi connectivity index (χ4v) is 6.18. The maximum Gasteiger partial charge on any atom is 0.261 e. The molecule has 170 valence electrons. The van der Waals surface area contributed by atoms with Crippen LogP contribution in [0.1, 0.15) is 40.6 Å². The van der Waals surface area contributed by atoms with Gasteiger partial charge in [-0.15, -0.1) is 0 Å². The van der Waals surface area contributed by atoms with Crippen LogP contribution in [0.4, 0.5) is 11.4 Å². The highest BCUT2D eigenvalue weighted by atomic mass is 32.2. The van der Waals surface area contributed by atoms with Gasteiger partial charge in [0.25, 0.3) is 10.0 Å². The number of rotatable bonds is 5. The van der Waals surface area contributed by atoms with Gasteiger partial charge < -0.3 is 10.1 Å². The van der Waals surface area contributed by atoms with E-state index >= 15 is 0 Å². The van der Waals surface area contributed by atoms with E-state index in [2.05, 4.69) is 34.3 Å². The number of benzene rings is 3. The molecular formula is C27H28N2O3S. The third-order valence-corrected chi connectivity index (χ3v) is 8.11. The average molecular weight is 461 g/mol. The maximum absolute atomic E-state index is 13.2. The normalized spacial score (nSPS) is 21.1. The summed E-state index contributed by atoms with van der Waals surface area (Å²) in [5.41, 5.74) is 5.82. The van der Waals surface area contributed by atoms with Gasteiger partial charge in [0.05, 0.1) is 23.7 Å². The number of nitrogens with one attached hydrogen (secondary N) is 2. The third kappa shape index (κ3) is 4.00. The maximum atomic E-state index is 13.2. The van der Waals surface area contributed by atoms with Crippen LogP contribution in [0.25, 0.3) is 0 Å². The predicted molar refractivity (Wildman–Crippen MR) is 133 cm³/mol. The van der Waals surface area contributed by atoms with E-state index in [0.29, 0.717) is 11.6 Å². The Balaban J connectivity index is 1.47. The van der Waals surface area contributed by atoms with Crippen LogP contribution in [0, 0.1) is 19.8 Å². The molecule has 0 fully saturated rings. The highest BCUT2D eigenvalue weighted by Crippen LogP contribution is 2.50. The number of methoxy groups -OCH3 is 1. The van der Waals surface area contributed by atoms with Crippen LogP contribution < -0.4 is 14.8 Å². The van der Waals surface area contributed by atoms with E-state index in [9.17, 15) is 8.42 Å². The van der Waals surface area contributed by atoms with Crippen LogP contribution in [0.2, 0.25) is 0 Å². The summed E-state index contributed by atoms with van der Waals surface area (Å²) >= 11 is 0. The van der Waals surface area contributed by atoms with Crippen molar-refractivity contribution in [3.63, 3.8) is 0 Å². The molecule has 0 saturated carbocycles. The standard InChI is InChI=1S/C27H28N2O3S/c1-17-7-13-25(18(2)15-17)29-33(30,31)21-12-14-26-24(16-21)22-5-4-6-23(22)27(28-26)19-8-10-20(32-3)11-9-19/h4-5,7-16,22-23,27-29H,6H2,1-3H3/t22-,23+,27+/m1/s1.